The van der Waals surface area contributed by atoms with Crippen molar-refractivity contribution >= 4 is 35.8 Å². The third-order valence-corrected chi connectivity index (χ3v) is 3.21. The van der Waals surface area contributed by atoms with Crippen LogP contribution in [-0.4, -0.2) is 98.4 Å². The molecule has 16 N–H and O–H groups in total. The molecule has 0 aromatic carbocycles. The number of guanidine groups is 2. The molecule has 18 nitrogen and oxygen atoms in total. The van der Waals surface area contributed by atoms with Crippen LogP contribution in [0.5, 0.6) is 0 Å². The number of carboxylic acids is 4. The SMILES string of the molecule is CNCC(=O)[O-].CNCC(=O)[O-].NC(N)=NCCC[C@H](N)C(=O)O.NC(N)=NCCC[C@H](N)C(=O)O.[Mn+2]. The van der Waals surface area contributed by atoms with Crippen LogP contribution in [0.15, 0.2) is 9.98 Å². The summed E-state index contributed by atoms with van der Waals surface area (Å²) in [7, 11) is 3.10. The summed E-state index contributed by atoms with van der Waals surface area (Å²) in [4.78, 5) is 46.6. The molecule has 0 saturated carbocycles. The smallest absolute Gasteiger partial charge is 0.549 e. The Kier molecular flexibility index (Phi) is 36.5. The summed E-state index contributed by atoms with van der Waals surface area (Å²) in [6.07, 6.45) is 1.91. The van der Waals surface area contributed by atoms with E-state index in [2.05, 4.69) is 20.6 Å². The third kappa shape index (κ3) is 50.6. The molecule has 2 atom stereocenters. The van der Waals surface area contributed by atoms with Crippen molar-refractivity contribution in [3.8, 4) is 0 Å². The Morgan fingerprint density at radius 1 is 0.730 bits per heavy atom. The van der Waals surface area contributed by atoms with Gasteiger partial charge in [-0.3, -0.25) is 19.6 Å². The number of hydrogen-bond acceptors (Lipinski definition) is 12. The Balaban J connectivity index is -0.000000128. The van der Waals surface area contributed by atoms with Gasteiger partial charge >= 0.3 is 29.0 Å². The number of nitrogens with one attached hydrogen (secondary N) is 2. The standard InChI is InChI=1S/2C6H14N4O2.2C3H7NO2.Mn/c2*7-4(5(11)12)2-1-3-10-6(8)9;2*1-4-2-3(5)6;/h2*4H,1-3,7H2,(H,11,12)(H4,8,9,10);2*4H,2H2,1H3,(H,5,6);/q;;;;+2/p-2/t2*4-;;;/m00.../s1. The van der Waals surface area contributed by atoms with Crippen LogP contribution >= 0.6 is 0 Å². The summed E-state index contributed by atoms with van der Waals surface area (Å²) in [5.74, 6) is -4.12. The zero-order valence-corrected chi connectivity index (χ0v) is 22.1. The number of likely N-dealkylation sites (N-methyl/N-ethyl adjacent to an activating group) is 2. The molecule has 0 unspecified atom stereocenters. The van der Waals surface area contributed by atoms with Crippen molar-refractivity contribution in [2.75, 3.05) is 40.3 Å². The number of nitrogens with zero attached hydrogens (tertiary/aromatic N) is 2. The van der Waals surface area contributed by atoms with Gasteiger partial charge in [-0.05, 0) is 39.8 Å². The molecule has 0 aromatic rings. The molecule has 0 aromatic heterocycles. The normalized spacial score (nSPS) is 10.5. The molecule has 0 aliphatic carbocycles. The monoisotopic (exact) mass is 579 g/mol. The van der Waals surface area contributed by atoms with Crippen LogP contribution in [0, 0.1) is 0 Å². The van der Waals surface area contributed by atoms with E-state index in [9.17, 15) is 29.4 Å². The number of aliphatic carboxylic acids is 4. The minimum absolute atomic E-state index is 0. The Morgan fingerprint density at radius 2 is 1.00 bits per heavy atom. The third-order valence-electron chi connectivity index (χ3n) is 3.21. The quantitative estimate of drug-likeness (QED) is 0.0395. The maximum absolute atomic E-state index is 10.2. The Labute approximate surface area is 225 Å². The van der Waals surface area contributed by atoms with E-state index in [1.54, 1.807) is 14.1 Å². The second-order valence-corrected chi connectivity index (χ2v) is 6.59. The number of carboxylic acid groups (broad SMARTS) is 4. The summed E-state index contributed by atoms with van der Waals surface area (Å²) in [5.41, 5.74) is 30.6. The Bertz CT molecular complexity index is 619. The topological polar surface area (TPSA) is 360 Å². The molecule has 0 saturated heterocycles. The molecule has 0 fully saturated rings. The number of nitrogens with two attached hydrogens (primary N) is 6. The molecular formula is C18H40MnN10O8. The Morgan fingerprint density at radius 3 is 1.14 bits per heavy atom. The van der Waals surface area contributed by atoms with Crippen molar-refractivity contribution in [1.29, 1.82) is 0 Å². The van der Waals surface area contributed by atoms with Crippen LogP contribution in [0.25, 0.3) is 0 Å². The summed E-state index contributed by atoms with van der Waals surface area (Å²) in [6.45, 7) is 0.701. The van der Waals surface area contributed by atoms with Crippen molar-refractivity contribution in [2.45, 2.75) is 37.8 Å². The number of hydrogen-bond donors (Lipinski definition) is 10. The van der Waals surface area contributed by atoms with Gasteiger partial charge in [-0.25, -0.2) is 0 Å². The summed E-state index contributed by atoms with van der Waals surface area (Å²) >= 11 is 0. The van der Waals surface area contributed by atoms with Gasteiger partial charge in [0.05, 0.1) is 11.9 Å². The van der Waals surface area contributed by atoms with Gasteiger partial charge in [0.2, 0.25) is 0 Å². The van der Waals surface area contributed by atoms with E-state index in [4.69, 9.17) is 44.6 Å². The van der Waals surface area contributed by atoms with Crippen LogP contribution in [0.3, 0.4) is 0 Å². The molecule has 217 valence electrons. The van der Waals surface area contributed by atoms with Gasteiger partial charge < -0.3 is 75.1 Å². The molecule has 0 rings (SSSR count). The first kappa shape index (κ1) is 43.8. The zero-order valence-electron chi connectivity index (χ0n) is 20.9. The molecule has 0 aliphatic rings. The largest absolute Gasteiger partial charge is 2.00 e. The first-order chi connectivity index (χ1) is 16.6. The molecule has 1 radical (unpaired) electrons. The van der Waals surface area contributed by atoms with E-state index >= 15 is 0 Å². The summed E-state index contributed by atoms with van der Waals surface area (Å²) in [5, 5.41) is 40.4. The maximum atomic E-state index is 10.2. The maximum Gasteiger partial charge on any atom is 2.00 e. The van der Waals surface area contributed by atoms with E-state index in [0.29, 0.717) is 38.8 Å². The molecule has 0 aliphatic heterocycles. The van der Waals surface area contributed by atoms with E-state index < -0.39 is 36.0 Å². The van der Waals surface area contributed by atoms with Crippen LogP contribution in [0.4, 0.5) is 0 Å². The van der Waals surface area contributed by atoms with Gasteiger partial charge in [0.25, 0.3) is 0 Å². The van der Waals surface area contributed by atoms with Crippen molar-refractivity contribution in [2.24, 2.45) is 44.4 Å². The number of rotatable bonds is 14. The summed E-state index contributed by atoms with van der Waals surface area (Å²) < 4.78 is 0. The zero-order chi connectivity index (χ0) is 29.1. The fourth-order valence-electron chi connectivity index (χ4n) is 1.57. The van der Waals surface area contributed by atoms with E-state index in [1.807, 2.05) is 0 Å². The predicted octanol–water partition coefficient (Wildman–Crippen LogP) is -7.19. The first-order valence-corrected chi connectivity index (χ1v) is 10.4. The molecule has 0 spiro atoms. The number of carbonyl (C=O) groups excluding carboxylic acids is 2. The van der Waals surface area contributed by atoms with Gasteiger partial charge in [-0.15, -0.1) is 0 Å². The average Bonchev–Trinajstić information content (AvgIpc) is 2.74. The first-order valence-electron chi connectivity index (χ1n) is 10.4. The summed E-state index contributed by atoms with van der Waals surface area (Å²) in [6, 6.07) is -1.64. The van der Waals surface area contributed by atoms with Gasteiger partial charge in [0, 0.05) is 26.2 Å². The fourth-order valence-corrected chi connectivity index (χ4v) is 1.57. The molecule has 0 amide bonds. The van der Waals surface area contributed by atoms with Gasteiger partial charge in [0.1, 0.15) is 12.1 Å². The van der Waals surface area contributed by atoms with Crippen LogP contribution in [-0.2, 0) is 36.2 Å². The Hall–Kier alpha value is -3.22. The van der Waals surface area contributed by atoms with E-state index in [1.165, 1.54) is 0 Å². The van der Waals surface area contributed by atoms with Gasteiger partial charge in [-0.2, -0.15) is 0 Å². The average molecular weight is 580 g/mol. The van der Waals surface area contributed by atoms with Crippen molar-refractivity contribution in [3.63, 3.8) is 0 Å². The minimum atomic E-state index is -1.07. The van der Waals surface area contributed by atoms with Crippen LogP contribution in [0.2, 0.25) is 0 Å². The van der Waals surface area contributed by atoms with Gasteiger partial charge in [0.15, 0.2) is 11.9 Å². The van der Waals surface area contributed by atoms with Crippen molar-refractivity contribution in [3.05, 3.63) is 0 Å². The van der Waals surface area contributed by atoms with Crippen LogP contribution in [0.1, 0.15) is 25.7 Å². The number of carbonyl (C=O) groups is 4. The molecule has 37 heavy (non-hydrogen) atoms. The molecular weight excluding hydrogens is 539 g/mol. The molecule has 0 heterocycles. The van der Waals surface area contributed by atoms with Crippen LogP contribution < -0.4 is 55.2 Å². The molecule has 0 bridgehead atoms. The van der Waals surface area contributed by atoms with E-state index in [-0.39, 0.29) is 42.1 Å². The van der Waals surface area contributed by atoms with Crippen molar-refractivity contribution in [1.82, 2.24) is 10.6 Å². The fraction of sp³-hybridized carbons (Fsp3) is 0.667. The second-order valence-electron chi connectivity index (χ2n) is 6.59. The predicted molar refractivity (Wildman–Crippen MR) is 129 cm³/mol. The van der Waals surface area contributed by atoms with E-state index in [0.717, 1.165) is 0 Å². The second kappa shape index (κ2) is 30.8. The minimum Gasteiger partial charge on any atom is -0.549 e. The number of aliphatic imine (C=N–C) groups is 2. The van der Waals surface area contributed by atoms with Gasteiger partial charge in [-0.1, -0.05) is 0 Å². The van der Waals surface area contributed by atoms with Crippen molar-refractivity contribution < 1.29 is 56.7 Å². The molecule has 19 heteroatoms.